The quantitative estimate of drug-likeness (QED) is 0.648. The van der Waals surface area contributed by atoms with E-state index in [9.17, 15) is 4.79 Å². The van der Waals surface area contributed by atoms with Crippen LogP contribution in [0.5, 0.6) is 5.88 Å². The molecule has 1 aliphatic heterocycles. The molecule has 1 amide bonds. The summed E-state index contributed by atoms with van der Waals surface area (Å²) in [6.45, 7) is 2.15. The van der Waals surface area contributed by atoms with E-state index in [2.05, 4.69) is 10.1 Å². The van der Waals surface area contributed by atoms with E-state index in [1.165, 1.54) is 0 Å². The van der Waals surface area contributed by atoms with Crippen molar-refractivity contribution in [1.82, 2.24) is 19.7 Å². The van der Waals surface area contributed by atoms with E-state index in [1.54, 1.807) is 11.8 Å². The molecule has 0 bridgehead atoms. The molecule has 3 aromatic rings. The zero-order valence-corrected chi connectivity index (χ0v) is 15.5. The predicted octanol–water partition coefficient (Wildman–Crippen LogP) is 2.19. The first-order chi connectivity index (χ1) is 13.2. The van der Waals surface area contributed by atoms with Gasteiger partial charge in [-0.25, -0.2) is 4.98 Å². The van der Waals surface area contributed by atoms with Gasteiger partial charge in [0, 0.05) is 45.1 Å². The van der Waals surface area contributed by atoms with E-state index in [4.69, 9.17) is 9.47 Å². The molecule has 0 fully saturated rings. The van der Waals surface area contributed by atoms with Crippen molar-refractivity contribution in [3.05, 3.63) is 53.3 Å². The molecule has 1 aromatic carbocycles. The fraction of sp³-hybridized carbons (Fsp3) is 0.350. The molecule has 27 heavy (non-hydrogen) atoms. The molecule has 0 atom stereocenters. The fourth-order valence-electron chi connectivity index (χ4n) is 3.40. The second-order valence-corrected chi connectivity index (χ2v) is 6.56. The molecule has 7 nitrogen and oxygen atoms in total. The summed E-state index contributed by atoms with van der Waals surface area (Å²) in [6.07, 6.45) is 0.702. The Morgan fingerprint density at radius 2 is 2.04 bits per heavy atom. The van der Waals surface area contributed by atoms with Gasteiger partial charge in [-0.3, -0.25) is 9.48 Å². The number of carbonyl (C=O) groups is 1. The summed E-state index contributed by atoms with van der Waals surface area (Å²) in [5.74, 6) is 0.555. The van der Waals surface area contributed by atoms with E-state index < -0.39 is 0 Å². The van der Waals surface area contributed by atoms with Crippen LogP contribution in [0.4, 0.5) is 0 Å². The van der Waals surface area contributed by atoms with Crippen LogP contribution in [0, 0.1) is 0 Å². The zero-order chi connectivity index (χ0) is 18.8. The van der Waals surface area contributed by atoms with E-state index >= 15 is 0 Å². The van der Waals surface area contributed by atoms with Crippen molar-refractivity contribution in [2.24, 2.45) is 7.05 Å². The van der Waals surface area contributed by atoms with Crippen LogP contribution in [-0.4, -0.2) is 52.4 Å². The molecular weight excluding hydrogens is 344 g/mol. The van der Waals surface area contributed by atoms with Crippen LogP contribution in [0.2, 0.25) is 0 Å². The lowest BCUT2D eigenvalue weighted by Gasteiger charge is -2.28. The van der Waals surface area contributed by atoms with Crippen molar-refractivity contribution in [2.45, 2.75) is 13.0 Å². The van der Waals surface area contributed by atoms with Crippen LogP contribution in [0.25, 0.3) is 10.9 Å². The van der Waals surface area contributed by atoms with Crippen molar-refractivity contribution in [1.29, 1.82) is 0 Å². The highest BCUT2D eigenvalue weighted by molar-refractivity contribution is 6.04. The Balaban J connectivity index is 1.53. The first kappa shape index (κ1) is 17.5. The minimum absolute atomic E-state index is 0.0436. The Bertz CT molecular complexity index is 983. The first-order valence-corrected chi connectivity index (χ1v) is 8.99. The van der Waals surface area contributed by atoms with Crippen LogP contribution in [0.1, 0.15) is 21.7 Å². The number of fused-ring (bicyclic) bond motifs is 2. The Morgan fingerprint density at radius 3 is 2.89 bits per heavy atom. The monoisotopic (exact) mass is 366 g/mol. The normalized spacial score (nSPS) is 13.6. The standard InChI is InChI=1S/C20H22N4O3/c1-23-17-6-4-3-5-15(17)19(22-23)20(25)24-10-9-16-14(13-24)7-8-18(21-16)27-12-11-26-2/h3-8H,9-13H2,1-2H3. The topological polar surface area (TPSA) is 69.5 Å². The molecule has 0 radical (unpaired) electrons. The van der Waals surface area contributed by atoms with Gasteiger partial charge in [-0.05, 0) is 11.6 Å². The van der Waals surface area contributed by atoms with Gasteiger partial charge in [-0.15, -0.1) is 0 Å². The maximum Gasteiger partial charge on any atom is 0.275 e. The SMILES string of the molecule is COCCOc1ccc2c(n1)CCN(C(=O)c1nn(C)c3ccccc13)C2. The molecule has 0 saturated carbocycles. The summed E-state index contributed by atoms with van der Waals surface area (Å²) in [6, 6.07) is 11.6. The fourth-order valence-corrected chi connectivity index (χ4v) is 3.40. The van der Waals surface area contributed by atoms with Crippen molar-refractivity contribution < 1.29 is 14.3 Å². The van der Waals surface area contributed by atoms with Crippen LogP contribution >= 0.6 is 0 Å². The van der Waals surface area contributed by atoms with Gasteiger partial charge >= 0.3 is 0 Å². The smallest absolute Gasteiger partial charge is 0.275 e. The summed E-state index contributed by atoms with van der Waals surface area (Å²) in [5.41, 5.74) is 3.50. The Kier molecular flexibility index (Phi) is 4.77. The molecule has 0 spiro atoms. The summed E-state index contributed by atoms with van der Waals surface area (Å²) >= 11 is 0. The van der Waals surface area contributed by atoms with Gasteiger partial charge in [0.05, 0.1) is 17.8 Å². The third kappa shape index (κ3) is 3.38. The number of methoxy groups -OCH3 is 1. The largest absolute Gasteiger partial charge is 0.475 e. The average Bonchev–Trinajstić information content (AvgIpc) is 3.04. The minimum Gasteiger partial charge on any atom is -0.475 e. The number of para-hydroxylation sites is 1. The van der Waals surface area contributed by atoms with E-state index in [0.29, 0.717) is 44.3 Å². The number of pyridine rings is 1. The maximum absolute atomic E-state index is 13.1. The number of hydrogen-bond acceptors (Lipinski definition) is 5. The molecular formula is C20H22N4O3. The highest BCUT2D eigenvalue weighted by Crippen LogP contribution is 2.24. The third-order valence-electron chi connectivity index (χ3n) is 4.81. The number of ether oxygens (including phenoxy) is 2. The number of amides is 1. The van der Waals surface area contributed by atoms with Gasteiger partial charge in [0.1, 0.15) is 6.61 Å². The molecule has 7 heteroatoms. The van der Waals surface area contributed by atoms with Crippen LogP contribution < -0.4 is 4.74 Å². The van der Waals surface area contributed by atoms with Gasteiger partial charge in [0.25, 0.3) is 5.91 Å². The number of rotatable bonds is 5. The Morgan fingerprint density at radius 1 is 1.19 bits per heavy atom. The summed E-state index contributed by atoms with van der Waals surface area (Å²) < 4.78 is 12.3. The third-order valence-corrected chi connectivity index (χ3v) is 4.81. The number of hydrogen-bond donors (Lipinski definition) is 0. The second-order valence-electron chi connectivity index (χ2n) is 6.56. The lowest BCUT2D eigenvalue weighted by Crippen LogP contribution is -2.36. The van der Waals surface area contributed by atoms with Crippen molar-refractivity contribution >= 4 is 16.8 Å². The van der Waals surface area contributed by atoms with Crippen LogP contribution in [0.3, 0.4) is 0 Å². The van der Waals surface area contributed by atoms with E-state index in [1.807, 2.05) is 48.3 Å². The molecule has 0 aliphatic carbocycles. The molecule has 0 N–H and O–H groups in total. The van der Waals surface area contributed by atoms with Crippen LogP contribution in [0.15, 0.2) is 36.4 Å². The summed E-state index contributed by atoms with van der Waals surface area (Å²) in [5, 5.41) is 5.34. The van der Waals surface area contributed by atoms with E-state index in [-0.39, 0.29) is 5.91 Å². The van der Waals surface area contributed by atoms with Crippen molar-refractivity contribution in [3.63, 3.8) is 0 Å². The second kappa shape index (κ2) is 7.36. The maximum atomic E-state index is 13.1. The lowest BCUT2D eigenvalue weighted by molar-refractivity contribution is 0.0728. The first-order valence-electron chi connectivity index (χ1n) is 8.99. The highest BCUT2D eigenvalue weighted by atomic mass is 16.5. The van der Waals surface area contributed by atoms with Crippen molar-refractivity contribution in [2.75, 3.05) is 26.9 Å². The summed E-state index contributed by atoms with van der Waals surface area (Å²) in [7, 11) is 3.50. The number of nitrogens with zero attached hydrogens (tertiary/aromatic N) is 4. The number of aromatic nitrogens is 3. The van der Waals surface area contributed by atoms with Gasteiger partial charge < -0.3 is 14.4 Å². The molecule has 1 aliphatic rings. The average molecular weight is 366 g/mol. The van der Waals surface area contributed by atoms with E-state index in [0.717, 1.165) is 22.2 Å². The number of benzene rings is 1. The van der Waals surface area contributed by atoms with Gasteiger partial charge in [-0.1, -0.05) is 24.3 Å². The molecule has 140 valence electrons. The molecule has 0 saturated heterocycles. The molecule has 4 rings (SSSR count). The van der Waals surface area contributed by atoms with Crippen LogP contribution in [-0.2, 0) is 24.8 Å². The molecule has 3 heterocycles. The van der Waals surface area contributed by atoms with Crippen molar-refractivity contribution in [3.8, 4) is 5.88 Å². The Hall–Kier alpha value is -2.93. The Labute approximate surface area is 157 Å². The molecule has 0 unspecified atom stereocenters. The minimum atomic E-state index is -0.0436. The number of carbonyl (C=O) groups excluding carboxylic acids is 1. The van der Waals surface area contributed by atoms with Gasteiger partial charge in [0.15, 0.2) is 5.69 Å². The van der Waals surface area contributed by atoms with Gasteiger partial charge in [0.2, 0.25) is 5.88 Å². The zero-order valence-electron chi connectivity index (χ0n) is 15.5. The predicted molar refractivity (Wildman–Crippen MR) is 101 cm³/mol. The lowest BCUT2D eigenvalue weighted by atomic mass is 10.0. The highest BCUT2D eigenvalue weighted by Gasteiger charge is 2.26. The molecule has 2 aromatic heterocycles. The summed E-state index contributed by atoms with van der Waals surface area (Å²) in [4.78, 5) is 19.5. The number of aryl methyl sites for hydroxylation is 1. The van der Waals surface area contributed by atoms with Gasteiger partial charge in [-0.2, -0.15) is 5.10 Å².